The zero-order valence-corrected chi connectivity index (χ0v) is 13.1. The molecule has 1 saturated heterocycles. The number of hydrogen-bond donors (Lipinski definition) is 0. The van der Waals surface area contributed by atoms with Gasteiger partial charge in [0.1, 0.15) is 0 Å². The summed E-state index contributed by atoms with van der Waals surface area (Å²) in [5.74, 6) is 0. The van der Waals surface area contributed by atoms with E-state index in [4.69, 9.17) is 9.47 Å². The fraction of sp³-hybridized carbons (Fsp3) is 0.333. The van der Waals surface area contributed by atoms with Crippen LogP contribution in [0.25, 0.3) is 22.3 Å². The van der Waals surface area contributed by atoms with Crippen molar-refractivity contribution in [3.8, 4) is 11.3 Å². The molecule has 2 aromatic heterocycles. The second kappa shape index (κ2) is 6.10. The number of benzene rings is 1. The molecule has 1 unspecified atom stereocenters. The first kappa shape index (κ1) is 14.4. The third-order valence-corrected chi connectivity index (χ3v) is 4.21. The Bertz CT molecular complexity index is 822. The minimum absolute atomic E-state index is 0.224. The summed E-state index contributed by atoms with van der Waals surface area (Å²) in [7, 11) is 1.97. The third kappa shape index (κ3) is 2.98. The summed E-state index contributed by atoms with van der Waals surface area (Å²) in [5, 5.41) is 0. The maximum atomic E-state index is 5.89. The monoisotopic (exact) mass is 309 g/mol. The van der Waals surface area contributed by atoms with Gasteiger partial charge in [0.15, 0.2) is 0 Å². The molecular weight excluding hydrogens is 290 g/mol. The fourth-order valence-corrected chi connectivity index (χ4v) is 2.86. The quantitative estimate of drug-likeness (QED) is 0.743. The molecule has 0 amide bonds. The van der Waals surface area contributed by atoms with E-state index < -0.39 is 0 Å². The van der Waals surface area contributed by atoms with Crippen LogP contribution in [-0.2, 0) is 23.1 Å². The van der Waals surface area contributed by atoms with E-state index >= 15 is 0 Å². The van der Waals surface area contributed by atoms with Gasteiger partial charge in [-0.3, -0.25) is 4.98 Å². The van der Waals surface area contributed by atoms with E-state index in [1.165, 1.54) is 0 Å². The van der Waals surface area contributed by atoms with Crippen molar-refractivity contribution in [2.45, 2.75) is 19.1 Å². The number of nitrogens with zero attached hydrogens (tertiary/aromatic N) is 3. The first-order valence-corrected chi connectivity index (χ1v) is 7.85. The molecule has 118 valence electrons. The Hall–Kier alpha value is -2.24. The van der Waals surface area contributed by atoms with Gasteiger partial charge in [-0.25, -0.2) is 4.98 Å². The van der Waals surface area contributed by atoms with E-state index in [0.717, 1.165) is 40.9 Å². The Morgan fingerprint density at radius 2 is 2.26 bits per heavy atom. The molecule has 3 aromatic rings. The van der Waals surface area contributed by atoms with Gasteiger partial charge in [-0.1, -0.05) is 18.2 Å². The molecule has 23 heavy (non-hydrogen) atoms. The van der Waals surface area contributed by atoms with Gasteiger partial charge in [-0.05, 0) is 24.1 Å². The number of fused-ring (bicyclic) bond motifs is 1. The highest BCUT2D eigenvalue weighted by atomic mass is 16.5. The molecule has 0 spiro atoms. The average molecular weight is 309 g/mol. The maximum Gasteiger partial charge on any atom is 0.0956 e. The highest BCUT2D eigenvalue weighted by Crippen LogP contribution is 2.22. The molecule has 5 heteroatoms. The lowest BCUT2D eigenvalue weighted by atomic mass is 10.1. The molecule has 5 nitrogen and oxygen atoms in total. The molecule has 1 aliphatic rings. The number of ether oxygens (including phenoxy) is 2. The zero-order chi connectivity index (χ0) is 15.6. The largest absolute Gasteiger partial charge is 0.379 e. The normalized spacial score (nSPS) is 17.9. The lowest BCUT2D eigenvalue weighted by molar-refractivity contribution is 0.0318. The van der Waals surface area contributed by atoms with E-state index in [-0.39, 0.29) is 6.10 Å². The van der Waals surface area contributed by atoms with Gasteiger partial charge in [0.2, 0.25) is 0 Å². The summed E-state index contributed by atoms with van der Waals surface area (Å²) >= 11 is 0. The minimum Gasteiger partial charge on any atom is -0.379 e. The molecule has 1 aromatic carbocycles. The lowest BCUT2D eigenvalue weighted by Crippen LogP contribution is -2.11. The SMILES string of the molecule is Cn1cnc2cc(-c3cccc(COC4CCOC4)c3)ncc21. The van der Waals surface area contributed by atoms with E-state index in [9.17, 15) is 0 Å². The van der Waals surface area contributed by atoms with Crippen LogP contribution in [0.5, 0.6) is 0 Å². The first-order chi connectivity index (χ1) is 11.3. The smallest absolute Gasteiger partial charge is 0.0956 e. The number of aromatic nitrogens is 3. The van der Waals surface area contributed by atoms with Crippen LogP contribution < -0.4 is 0 Å². The molecular formula is C18H19N3O2. The van der Waals surface area contributed by atoms with Crippen molar-refractivity contribution in [2.24, 2.45) is 7.05 Å². The van der Waals surface area contributed by atoms with Crippen molar-refractivity contribution in [3.05, 3.63) is 48.4 Å². The Labute approximate surface area is 134 Å². The van der Waals surface area contributed by atoms with Gasteiger partial charge in [0.25, 0.3) is 0 Å². The van der Waals surface area contributed by atoms with Gasteiger partial charge in [0, 0.05) is 19.2 Å². The molecule has 0 N–H and O–H groups in total. The van der Waals surface area contributed by atoms with Crippen molar-refractivity contribution < 1.29 is 9.47 Å². The van der Waals surface area contributed by atoms with Crippen LogP contribution >= 0.6 is 0 Å². The van der Waals surface area contributed by atoms with E-state index in [1.54, 1.807) is 0 Å². The predicted octanol–water partition coefficient (Wildman–Crippen LogP) is 2.94. The summed E-state index contributed by atoms with van der Waals surface area (Å²) in [6, 6.07) is 10.4. The Balaban J connectivity index is 1.56. The van der Waals surface area contributed by atoms with Crippen molar-refractivity contribution in [1.82, 2.24) is 14.5 Å². The second-order valence-electron chi connectivity index (χ2n) is 5.91. The second-order valence-corrected chi connectivity index (χ2v) is 5.91. The summed E-state index contributed by atoms with van der Waals surface area (Å²) in [6.45, 7) is 2.12. The van der Waals surface area contributed by atoms with Crippen LogP contribution in [0.4, 0.5) is 0 Å². The predicted molar refractivity (Wildman–Crippen MR) is 88.0 cm³/mol. The van der Waals surface area contributed by atoms with Crippen LogP contribution in [0.3, 0.4) is 0 Å². The summed E-state index contributed by atoms with van der Waals surface area (Å²) in [6.07, 6.45) is 4.89. The molecule has 1 aliphatic heterocycles. The lowest BCUT2D eigenvalue weighted by Gasteiger charge is -2.10. The van der Waals surface area contributed by atoms with Crippen LogP contribution in [0.1, 0.15) is 12.0 Å². The Morgan fingerprint density at radius 3 is 3.13 bits per heavy atom. The summed E-state index contributed by atoms with van der Waals surface area (Å²) in [5.41, 5.74) is 5.16. The Kier molecular flexibility index (Phi) is 3.81. The zero-order valence-electron chi connectivity index (χ0n) is 13.1. The summed E-state index contributed by atoms with van der Waals surface area (Å²) < 4.78 is 13.2. The van der Waals surface area contributed by atoms with Crippen molar-refractivity contribution in [2.75, 3.05) is 13.2 Å². The van der Waals surface area contributed by atoms with Gasteiger partial charge >= 0.3 is 0 Å². The molecule has 0 radical (unpaired) electrons. The van der Waals surface area contributed by atoms with Gasteiger partial charge in [-0.15, -0.1) is 0 Å². The summed E-state index contributed by atoms with van der Waals surface area (Å²) in [4.78, 5) is 8.97. The Morgan fingerprint density at radius 1 is 1.30 bits per heavy atom. The third-order valence-electron chi connectivity index (χ3n) is 4.21. The minimum atomic E-state index is 0.224. The molecule has 0 aliphatic carbocycles. The topological polar surface area (TPSA) is 49.2 Å². The van der Waals surface area contributed by atoms with Gasteiger partial charge in [0.05, 0.1) is 48.6 Å². The molecule has 0 saturated carbocycles. The van der Waals surface area contributed by atoms with Crippen LogP contribution in [0.2, 0.25) is 0 Å². The molecule has 3 heterocycles. The fourth-order valence-electron chi connectivity index (χ4n) is 2.86. The van der Waals surface area contributed by atoms with Crippen molar-refractivity contribution in [1.29, 1.82) is 0 Å². The standard InChI is InChI=1S/C18H19N3O2/c1-21-12-20-17-8-16(19-9-18(17)21)14-4-2-3-13(7-14)10-23-15-5-6-22-11-15/h2-4,7-9,12,15H,5-6,10-11H2,1H3. The van der Waals surface area contributed by atoms with Crippen LogP contribution in [0.15, 0.2) is 42.9 Å². The van der Waals surface area contributed by atoms with Crippen molar-refractivity contribution >= 4 is 11.0 Å². The number of pyridine rings is 1. The molecule has 1 atom stereocenters. The van der Waals surface area contributed by atoms with Crippen molar-refractivity contribution in [3.63, 3.8) is 0 Å². The molecule has 4 rings (SSSR count). The first-order valence-electron chi connectivity index (χ1n) is 7.85. The highest BCUT2D eigenvalue weighted by Gasteiger charge is 2.16. The molecule has 0 bridgehead atoms. The van der Waals surface area contributed by atoms with E-state index in [2.05, 4.69) is 28.2 Å². The van der Waals surface area contributed by atoms with Crippen LogP contribution in [-0.4, -0.2) is 33.9 Å². The highest BCUT2D eigenvalue weighted by molar-refractivity contribution is 5.79. The number of rotatable bonds is 4. The van der Waals surface area contributed by atoms with Crippen LogP contribution in [0, 0.1) is 0 Å². The number of imidazole rings is 1. The van der Waals surface area contributed by atoms with E-state index in [0.29, 0.717) is 13.2 Å². The van der Waals surface area contributed by atoms with Gasteiger partial charge in [-0.2, -0.15) is 0 Å². The average Bonchev–Trinajstić information content (AvgIpc) is 3.23. The maximum absolute atomic E-state index is 5.89. The number of aryl methyl sites for hydroxylation is 1. The van der Waals surface area contributed by atoms with E-state index in [1.807, 2.05) is 36.3 Å². The van der Waals surface area contributed by atoms with Gasteiger partial charge < -0.3 is 14.0 Å². The molecule has 1 fully saturated rings. The number of hydrogen-bond acceptors (Lipinski definition) is 4.